The smallest absolute Gasteiger partial charge is 0.343 e. The summed E-state index contributed by atoms with van der Waals surface area (Å²) >= 11 is -1.44. The van der Waals surface area contributed by atoms with Crippen LogP contribution < -0.4 is 9.47 Å². The molecule has 1 N–H and O–H groups in total. The first-order valence-electron chi connectivity index (χ1n) is 10.0. The van der Waals surface area contributed by atoms with E-state index in [4.69, 9.17) is 9.47 Å². The average Bonchev–Trinajstić information content (AvgIpc) is 3.20. The molecule has 164 valence electrons. The van der Waals surface area contributed by atoms with Gasteiger partial charge in [0.05, 0.1) is 29.4 Å². The Hall–Kier alpha value is -3.36. The number of methoxy groups -OCH3 is 1. The zero-order valence-corrected chi connectivity index (χ0v) is 19.1. The van der Waals surface area contributed by atoms with Crippen LogP contribution in [-0.4, -0.2) is 32.6 Å². The molecule has 0 fully saturated rings. The molecule has 1 unspecified atom stereocenters. The van der Waals surface area contributed by atoms with Crippen LogP contribution in [0.25, 0.3) is 11.0 Å². The fourth-order valence-electron chi connectivity index (χ4n) is 3.40. The maximum absolute atomic E-state index is 12.9. The number of aromatic amines is 1. The summed E-state index contributed by atoms with van der Waals surface area (Å²) in [7, 11) is 1.61. The molecule has 0 bridgehead atoms. The minimum atomic E-state index is -1.44. The van der Waals surface area contributed by atoms with E-state index in [9.17, 15) is 9.35 Å². The van der Waals surface area contributed by atoms with Gasteiger partial charge in [-0.15, -0.1) is 0 Å². The molecule has 0 aliphatic rings. The van der Waals surface area contributed by atoms with Gasteiger partial charge in [0.25, 0.3) is 0 Å². The Labute approximate surface area is 189 Å². The molecule has 0 saturated heterocycles. The summed E-state index contributed by atoms with van der Waals surface area (Å²) in [5.41, 5.74) is 5.28. The van der Waals surface area contributed by atoms with Crippen molar-refractivity contribution in [3.8, 4) is 11.5 Å². The number of pyridine rings is 1. The molecule has 0 aliphatic heterocycles. The Morgan fingerprint density at radius 3 is 2.59 bits per heavy atom. The summed E-state index contributed by atoms with van der Waals surface area (Å²) < 4.78 is 23.9. The van der Waals surface area contributed by atoms with E-state index in [-0.39, 0.29) is 5.75 Å². The number of aromatic nitrogens is 3. The van der Waals surface area contributed by atoms with E-state index in [2.05, 4.69) is 15.0 Å². The highest BCUT2D eigenvalue weighted by Gasteiger charge is 2.21. The van der Waals surface area contributed by atoms with Crippen molar-refractivity contribution in [2.45, 2.75) is 31.7 Å². The molecule has 32 heavy (non-hydrogen) atoms. The maximum atomic E-state index is 12.9. The van der Waals surface area contributed by atoms with Gasteiger partial charge in [-0.2, -0.15) is 4.98 Å². The SMILES string of the molecule is COc1c(C)cnc(C[S+]([O-])c2nc3cc(OC(=O)c4ccc(C)cc4)ccc3[nH]2)c1C. The number of ether oxygens (including phenoxy) is 2. The minimum Gasteiger partial charge on any atom is -0.609 e. The van der Waals surface area contributed by atoms with Gasteiger partial charge in [-0.25, -0.2) is 4.79 Å². The van der Waals surface area contributed by atoms with Crippen molar-refractivity contribution in [3.63, 3.8) is 0 Å². The van der Waals surface area contributed by atoms with Gasteiger partial charge in [0, 0.05) is 34.6 Å². The Balaban J connectivity index is 1.52. The number of rotatable bonds is 6. The Kier molecular flexibility index (Phi) is 6.16. The number of carbonyl (C=O) groups is 1. The number of hydrogen-bond acceptors (Lipinski definition) is 6. The Bertz CT molecular complexity index is 1280. The van der Waals surface area contributed by atoms with Crippen molar-refractivity contribution < 1.29 is 18.8 Å². The fraction of sp³-hybridized carbons (Fsp3) is 0.208. The molecule has 4 aromatic rings. The lowest BCUT2D eigenvalue weighted by Crippen LogP contribution is -2.10. The first kappa shape index (κ1) is 21.9. The number of nitrogens with zero attached hydrogens (tertiary/aromatic N) is 2. The zero-order chi connectivity index (χ0) is 22.8. The van der Waals surface area contributed by atoms with Gasteiger partial charge < -0.3 is 14.0 Å². The molecule has 0 amide bonds. The second-order valence-corrected chi connectivity index (χ2v) is 8.88. The normalized spacial score (nSPS) is 12.0. The van der Waals surface area contributed by atoms with Gasteiger partial charge in [-0.3, -0.25) is 9.97 Å². The lowest BCUT2D eigenvalue weighted by molar-refractivity contribution is 0.0735. The van der Waals surface area contributed by atoms with Crippen LogP contribution in [0.1, 0.15) is 32.7 Å². The number of carbonyl (C=O) groups excluding carboxylic acids is 1. The highest BCUT2D eigenvalue weighted by molar-refractivity contribution is 7.90. The molecule has 2 aromatic carbocycles. The maximum Gasteiger partial charge on any atom is 0.343 e. The Morgan fingerprint density at radius 2 is 1.88 bits per heavy atom. The molecular weight excluding hydrogens is 426 g/mol. The first-order valence-corrected chi connectivity index (χ1v) is 11.3. The topological polar surface area (TPSA) is 100 Å². The predicted molar refractivity (Wildman–Crippen MR) is 123 cm³/mol. The van der Waals surface area contributed by atoms with E-state index in [1.807, 2.05) is 32.9 Å². The second kappa shape index (κ2) is 9.02. The number of H-pyrrole nitrogens is 1. The monoisotopic (exact) mass is 449 g/mol. The molecule has 2 aromatic heterocycles. The van der Waals surface area contributed by atoms with Crippen molar-refractivity contribution in [1.82, 2.24) is 15.0 Å². The average molecular weight is 450 g/mol. The predicted octanol–water partition coefficient (Wildman–Crippen LogP) is 4.42. The molecule has 7 nitrogen and oxygen atoms in total. The van der Waals surface area contributed by atoms with E-state index < -0.39 is 17.1 Å². The number of esters is 1. The lowest BCUT2D eigenvalue weighted by atomic mass is 10.1. The van der Waals surface area contributed by atoms with Crippen LogP contribution in [0, 0.1) is 20.8 Å². The third kappa shape index (κ3) is 4.46. The van der Waals surface area contributed by atoms with Gasteiger partial charge in [0.15, 0.2) is 5.75 Å². The van der Waals surface area contributed by atoms with E-state index in [1.54, 1.807) is 43.6 Å². The number of benzene rings is 2. The number of fused-ring (bicyclic) bond motifs is 1. The lowest BCUT2D eigenvalue weighted by Gasteiger charge is -2.13. The second-order valence-electron chi connectivity index (χ2n) is 7.51. The van der Waals surface area contributed by atoms with Crippen LogP contribution in [-0.2, 0) is 16.9 Å². The van der Waals surface area contributed by atoms with Crippen LogP contribution in [0.3, 0.4) is 0 Å². The minimum absolute atomic E-state index is 0.206. The largest absolute Gasteiger partial charge is 0.609 e. The summed E-state index contributed by atoms with van der Waals surface area (Å²) in [4.78, 5) is 24.3. The molecule has 4 rings (SSSR count). The van der Waals surface area contributed by atoms with Crippen LogP contribution in [0.15, 0.2) is 53.8 Å². The van der Waals surface area contributed by atoms with Gasteiger partial charge in [-0.05, 0) is 45.0 Å². The summed E-state index contributed by atoms with van der Waals surface area (Å²) in [6, 6.07) is 12.2. The third-order valence-electron chi connectivity index (χ3n) is 5.16. The van der Waals surface area contributed by atoms with Crippen LogP contribution in [0.2, 0.25) is 0 Å². The van der Waals surface area contributed by atoms with Crippen molar-refractivity contribution in [2.75, 3.05) is 7.11 Å². The van der Waals surface area contributed by atoms with E-state index >= 15 is 0 Å². The summed E-state index contributed by atoms with van der Waals surface area (Å²) in [5, 5.41) is 0.336. The molecule has 0 spiro atoms. The van der Waals surface area contributed by atoms with Crippen LogP contribution >= 0.6 is 0 Å². The first-order chi connectivity index (χ1) is 15.4. The van der Waals surface area contributed by atoms with Crippen LogP contribution in [0.5, 0.6) is 11.5 Å². The number of nitrogens with one attached hydrogen (secondary N) is 1. The zero-order valence-electron chi connectivity index (χ0n) is 18.3. The van der Waals surface area contributed by atoms with Crippen molar-refractivity contribution in [3.05, 3.63) is 76.6 Å². The fourth-order valence-corrected chi connectivity index (χ4v) is 4.50. The standard InChI is InChI=1S/C24H23N3O4S/c1-14-5-7-17(8-6-14)23(28)31-18-9-10-19-20(11-18)27-24(26-19)32(29)13-21-16(3)22(30-4)15(2)12-25-21/h5-12H,13H2,1-4H3,(H,26,27). The molecule has 2 heterocycles. The number of aryl methyl sites for hydroxylation is 2. The van der Waals surface area contributed by atoms with Crippen LogP contribution in [0.4, 0.5) is 0 Å². The van der Waals surface area contributed by atoms with Crippen molar-refractivity contribution in [1.29, 1.82) is 0 Å². The van der Waals surface area contributed by atoms with Gasteiger partial charge in [-0.1, -0.05) is 17.7 Å². The quantitative estimate of drug-likeness (QED) is 0.266. The van der Waals surface area contributed by atoms with E-state index in [0.29, 0.717) is 33.2 Å². The van der Waals surface area contributed by atoms with E-state index in [0.717, 1.165) is 22.4 Å². The summed E-state index contributed by atoms with van der Waals surface area (Å²) in [5.74, 6) is 0.875. The highest BCUT2D eigenvalue weighted by atomic mass is 32.2. The summed E-state index contributed by atoms with van der Waals surface area (Å²) in [6.07, 6.45) is 1.71. The van der Waals surface area contributed by atoms with Crippen molar-refractivity contribution >= 4 is 28.2 Å². The third-order valence-corrected chi connectivity index (χ3v) is 6.32. The Morgan fingerprint density at radius 1 is 1.12 bits per heavy atom. The molecule has 1 atom stereocenters. The van der Waals surface area contributed by atoms with E-state index in [1.165, 1.54) is 0 Å². The number of hydrogen-bond donors (Lipinski definition) is 1. The van der Waals surface area contributed by atoms with Gasteiger partial charge in [0.1, 0.15) is 11.5 Å². The molecule has 8 heteroatoms. The molecule has 0 aliphatic carbocycles. The van der Waals surface area contributed by atoms with Gasteiger partial charge in [0.2, 0.25) is 0 Å². The highest BCUT2D eigenvalue weighted by Crippen LogP contribution is 2.27. The summed E-state index contributed by atoms with van der Waals surface area (Å²) in [6.45, 7) is 5.77. The molecule has 0 radical (unpaired) electrons. The van der Waals surface area contributed by atoms with Crippen molar-refractivity contribution in [2.24, 2.45) is 0 Å². The number of imidazole rings is 1. The molecule has 0 saturated carbocycles. The van der Waals surface area contributed by atoms with Gasteiger partial charge >= 0.3 is 11.1 Å². The molecular formula is C24H23N3O4S.